The molecular weight excluding hydrogens is 320 g/mol. The van der Waals surface area contributed by atoms with E-state index < -0.39 is 0 Å². The third-order valence-corrected chi connectivity index (χ3v) is 3.48. The van der Waals surface area contributed by atoms with Crippen molar-refractivity contribution in [3.05, 3.63) is 58.1 Å². The number of nitrogens with two attached hydrogens (primary N) is 1. The number of rotatable bonds is 3. The minimum absolute atomic E-state index is 0.175. The Morgan fingerprint density at radius 3 is 2.70 bits per heavy atom. The first kappa shape index (κ1) is 14.4. The van der Waals surface area contributed by atoms with Gasteiger partial charge in [0, 0.05) is 29.3 Å². The van der Waals surface area contributed by atoms with Gasteiger partial charge in [-0.2, -0.15) is 0 Å². The molecule has 0 atom stereocenters. The summed E-state index contributed by atoms with van der Waals surface area (Å²) in [5, 5.41) is 9.74. The maximum absolute atomic E-state index is 12.4. The molecule has 2 aromatic rings. The zero-order chi connectivity index (χ0) is 14.7. The third-order valence-electron chi connectivity index (χ3n) is 2.99. The number of anilines is 1. The molecule has 0 bridgehead atoms. The van der Waals surface area contributed by atoms with Gasteiger partial charge in [-0.05, 0) is 24.3 Å². The van der Waals surface area contributed by atoms with Gasteiger partial charge in [-0.1, -0.05) is 34.1 Å². The number of hydrogen-bond donors (Lipinski definition) is 2. The molecule has 0 aliphatic heterocycles. The second-order valence-corrected chi connectivity index (χ2v) is 5.44. The minimum Gasteiger partial charge on any atom is -0.508 e. The van der Waals surface area contributed by atoms with Crippen LogP contribution in [0.4, 0.5) is 5.69 Å². The molecular formula is C15H15BrN2O2. The summed E-state index contributed by atoms with van der Waals surface area (Å²) in [6.07, 6.45) is 0. The Kier molecular flexibility index (Phi) is 4.29. The standard InChI is InChI=1S/C15H15BrN2O2/c1-18(9-10-4-2-3-5-14(10)19)15(20)12-8-11(16)6-7-13(12)17/h2-8,19H,9,17H2,1H3. The first-order valence-electron chi connectivity index (χ1n) is 6.06. The number of carbonyl (C=O) groups is 1. The van der Waals surface area contributed by atoms with Crippen LogP contribution in [-0.2, 0) is 6.54 Å². The van der Waals surface area contributed by atoms with Crippen molar-refractivity contribution in [1.29, 1.82) is 0 Å². The van der Waals surface area contributed by atoms with Crippen molar-refractivity contribution in [3.8, 4) is 5.75 Å². The van der Waals surface area contributed by atoms with Crippen molar-refractivity contribution in [2.24, 2.45) is 0 Å². The van der Waals surface area contributed by atoms with E-state index in [2.05, 4.69) is 15.9 Å². The van der Waals surface area contributed by atoms with Gasteiger partial charge in [0.1, 0.15) is 5.75 Å². The van der Waals surface area contributed by atoms with E-state index in [0.717, 1.165) is 4.47 Å². The Balaban J connectivity index is 2.21. The lowest BCUT2D eigenvalue weighted by atomic mass is 10.1. The monoisotopic (exact) mass is 334 g/mol. The van der Waals surface area contributed by atoms with Gasteiger partial charge in [-0.3, -0.25) is 4.79 Å². The van der Waals surface area contributed by atoms with Gasteiger partial charge >= 0.3 is 0 Å². The summed E-state index contributed by atoms with van der Waals surface area (Å²) < 4.78 is 0.797. The molecule has 5 heteroatoms. The van der Waals surface area contributed by atoms with Crippen LogP contribution in [0.5, 0.6) is 5.75 Å². The van der Waals surface area contributed by atoms with Crippen LogP contribution in [0.25, 0.3) is 0 Å². The van der Waals surface area contributed by atoms with Crippen LogP contribution >= 0.6 is 15.9 Å². The zero-order valence-electron chi connectivity index (χ0n) is 11.0. The molecule has 0 aliphatic rings. The smallest absolute Gasteiger partial charge is 0.256 e. The molecule has 1 amide bonds. The molecule has 0 saturated carbocycles. The second-order valence-electron chi connectivity index (χ2n) is 4.52. The van der Waals surface area contributed by atoms with Crippen molar-refractivity contribution >= 4 is 27.5 Å². The van der Waals surface area contributed by atoms with E-state index in [1.807, 2.05) is 6.07 Å². The van der Waals surface area contributed by atoms with Crippen molar-refractivity contribution in [2.45, 2.75) is 6.54 Å². The molecule has 0 radical (unpaired) electrons. The summed E-state index contributed by atoms with van der Waals surface area (Å²) in [5.74, 6) is -0.0126. The van der Waals surface area contributed by atoms with E-state index >= 15 is 0 Å². The molecule has 20 heavy (non-hydrogen) atoms. The lowest BCUT2D eigenvalue weighted by Gasteiger charge is -2.19. The number of halogens is 1. The van der Waals surface area contributed by atoms with E-state index in [1.54, 1.807) is 43.4 Å². The molecule has 3 N–H and O–H groups in total. The Labute approximate surface area is 126 Å². The molecule has 0 spiro atoms. The highest BCUT2D eigenvalue weighted by atomic mass is 79.9. The van der Waals surface area contributed by atoms with Crippen molar-refractivity contribution in [1.82, 2.24) is 4.90 Å². The quantitative estimate of drug-likeness (QED) is 0.848. The Morgan fingerprint density at radius 2 is 2.00 bits per heavy atom. The molecule has 0 fully saturated rings. The lowest BCUT2D eigenvalue weighted by molar-refractivity contribution is 0.0785. The molecule has 0 unspecified atom stereocenters. The molecule has 104 valence electrons. The van der Waals surface area contributed by atoms with E-state index in [1.165, 1.54) is 4.90 Å². The number of aromatic hydroxyl groups is 1. The Bertz CT molecular complexity index is 644. The van der Waals surface area contributed by atoms with Gasteiger partial charge in [0.05, 0.1) is 5.56 Å². The summed E-state index contributed by atoms with van der Waals surface area (Å²) in [4.78, 5) is 13.9. The summed E-state index contributed by atoms with van der Waals surface area (Å²) in [6, 6.07) is 12.1. The van der Waals surface area contributed by atoms with E-state index in [9.17, 15) is 9.90 Å². The number of phenolic OH excluding ortho intramolecular Hbond substituents is 1. The summed E-state index contributed by atoms with van der Waals surface area (Å²) in [5.41, 5.74) is 7.40. The number of phenols is 1. The number of benzene rings is 2. The molecule has 0 aromatic heterocycles. The fraction of sp³-hybridized carbons (Fsp3) is 0.133. The molecule has 4 nitrogen and oxygen atoms in total. The molecule has 0 saturated heterocycles. The highest BCUT2D eigenvalue weighted by Gasteiger charge is 2.16. The highest BCUT2D eigenvalue weighted by molar-refractivity contribution is 9.10. The van der Waals surface area contributed by atoms with E-state index in [0.29, 0.717) is 23.4 Å². The van der Waals surface area contributed by atoms with Crippen molar-refractivity contribution in [3.63, 3.8) is 0 Å². The molecule has 2 aromatic carbocycles. The topological polar surface area (TPSA) is 66.6 Å². The fourth-order valence-corrected chi connectivity index (χ4v) is 2.25. The number of nitrogen functional groups attached to an aromatic ring is 1. The second kappa shape index (κ2) is 5.96. The molecule has 0 aliphatic carbocycles. The van der Waals surface area contributed by atoms with E-state index in [4.69, 9.17) is 5.73 Å². The van der Waals surface area contributed by atoms with Crippen LogP contribution < -0.4 is 5.73 Å². The largest absolute Gasteiger partial charge is 0.508 e. The van der Waals surface area contributed by atoms with Gasteiger partial charge in [-0.25, -0.2) is 0 Å². The van der Waals surface area contributed by atoms with Crippen LogP contribution in [0.15, 0.2) is 46.9 Å². The van der Waals surface area contributed by atoms with Crippen LogP contribution in [0.3, 0.4) is 0 Å². The number of para-hydroxylation sites is 1. The van der Waals surface area contributed by atoms with Crippen LogP contribution in [-0.4, -0.2) is 23.0 Å². The predicted molar refractivity (Wildman–Crippen MR) is 82.5 cm³/mol. The first-order valence-corrected chi connectivity index (χ1v) is 6.85. The van der Waals surface area contributed by atoms with Crippen molar-refractivity contribution in [2.75, 3.05) is 12.8 Å². The van der Waals surface area contributed by atoms with Crippen LogP contribution in [0.2, 0.25) is 0 Å². The summed E-state index contributed by atoms with van der Waals surface area (Å²) in [7, 11) is 1.68. The van der Waals surface area contributed by atoms with Crippen molar-refractivity contribution < 1.29 is 9.90 Å². The molecule has 2 rings (SSSR count). The normalized spacial score (nSPS) is 10.3. The number of carbonyl (C=O) groups excluding carboxylic acids is 1. The van der Waals surface area contributed by atoms with Gasteiger partial charge < -0.3 is 15.7 Å². The van der Waals surface area contributed by atoms with Crippen LogP contribution in [0.1, 0.15) is 15.9 Å². The predicted octanol–water partition coefficient (Wildman–Crippen LogP) is 3.01. The SMILES string of the molecule is CN(Cc1ccccc1O)C(=O)c1cc(Br)ccc1N. The first-order chi connectivity index (χ1) is 9.49. The Morgan fingerprint density at radius 1 is 1.30 bits per heavy atom. The van der Waals surface area contributed by atoms with E-state index in [-0.39, 0.29) is 11.7 Å². The lowest BCUT2D eigenvalue weighted by Crippen LogP contribution is -2.27. The number of nitrogens with zero attached hydrogens (tertiary/aromatic N) is 1. The molecule has 0 heterocycles. The average molecular weight is 335 g/mol. The van der Waals surface area contributed by atoms with Gasteiger partial charge in [0.2, 0.25) is 0 Å². The summed E-state index contributed by atoms with van der Waals surface area (Å²) >= 11 is 3.33. The fourth-order valence-electron chi connectivity index (χ4n) is 1.89. The van der Waals surface area contributed by atoms with Gasteiger partial charge in [-0.15, -0.1) is 0 Å². The highest BCUT2D eigenvalue weighted by Crippen LogP contribution is 2.22. The number of amides is 1. The maximum atomic E-state index is 12.4. The van der Waals surface area contributed by atoms with Crippen LogP contribution in [0, 0.1) is 0 Å². The Hall–Kier alpha value is -2.01. The summed E-state index contributed by atoms with van der Waals surface area (Å²) in [6.45, 7) is 0.317. The average Bonchev–Trinajstić information content (AvgIpc) is 2.43. The third kappa shape index (κ3) is 3.11. The van der Waals surface area contributed by atoms with Gasteiger partial charge in [0.25, 0.3) is 5.91 Å². The minimum atomic E-state index is -0.188. The number of hydrogen-bond acceptors (Lipinski definition) is 3. The maximum Gasteiger partial charge on any atom is 0.256 e. The van der Waals surface area contributed by atoms with Gasteiger partial charge in [0.15, 0.2) is 0 Å². The zero-order valence-corrected chi connectivity index (χ0v) is 12.6.